The molecule has 0 N–H and O–H groups in total. The van der Waals surface area contributed by atoms with E-state index in [0.29, 0.717) is 44.2 Å². The van der Waals surface area contributed by atoms with Crippen LogP contribution in [-0.2, 0) is 22.5 Å². The summed E-state index contributed by atoms with van der Waals surface area (Å²) < 4.78 is 8.01. The molecule has 0 aliphatic carbocycles. The van der Waals surface area contributed by atoms with Gasteiger partial charge in [-0.15, -0.1) is 5.10 Å². The predicted molar refractivity (Wildman–Crippen MR) is 91.5 cm³/mol. The van der Waals surface area contributed by atoms with E-state index in [4.69, 9.17) is 4.74 Å². The summed E-state index contributed by atoms with van der Waals surface area (Å²) in [5, 5.41) is 5.23. The summed E-state index contributed by atoms with van der Waals surface area (Å²) in [7, 11) is 0. The van der Waals surface area contributed by atoms with Gasteiger partial charge < -0.3 is 9.64 Å². The van der Waals surface area contributed by atoms with Crippen LogP contribution in [0.2, 0.25) is 0 Å². The van der Waals surface area contributed by atoms with Crippen LogP contribution in [0.5, 0.6) is 0 Å². The lowest BCUT2D eigenvalue weighted by molar-refractivity contribution is -0.136. The highest BCUT2D eigenvalue weighted by Gasteiger charge is 2.21. The summed E-state index contributed by atoms with van der Waals surface area (Å²) in [6.07, 6.45) is 0.602. The van der Waals surface area contributed by atoms with Crippen LogP contribution in [0.4, 0.5) is 0 Å². The van der Waals surface area contributed by atoms with Crippen molar-refractivity contribution in [3.63, 3.8) is 0 Å². The van der Waals surface area contributed by atoms with Gasteiger partial charge in [0.15, 0.2) is 5.65 Å². The van der Waals surface area contributed by atoms with Crippen molar-refractivity contribution >= 4 is 22.5 Å². The number of carbonyl (C=O) groups is 1. The van der Waals surface area contributed by atoms with E-state index in [1.54, 1.807) is 4.90 Å². The molecule has 1 aliphatic rings. The number of amides is 1. The smallest absolute Gasteiger partial charge is 0.352 e. The Bertz CT molecular complexity index is 1000. The average Bonchev–Trinajstić information content (AvgIpc) is 2.98. The maximum absolute atomic E-state index is 12.8. The normalized spacial score (nSPS) is 15.2. The first-order valence-corrected chi connectivity index (χ1v) is 8.41. The molecular formula is C17H19N5O3. The van der Waals surface area contributed by atoms with Crippen molar-refractivity contribution in [2.75, 3.05) is 26.3 Å². The summed E-state index contributed by atoms with van der Waals surface area (Å²) in [6.45, 7) is 4.02. The number of rotatable bonds is 3. The third-order valence-electron chi connectivity index (χ3n) is 4.46. The number of hydrogen-bond donors (Lipinski definition) is 0. The summed E-state index contributed by atoms with van der Waals surface area (Å²) in [6, 6.07) is 7.58. The van der Waals surface area contributed by atoms with E-state index in [1.165, 1.54) is 9.08 Å². The van der Waals surface area contributed by atoms with Crippen LogP contribution in [0.1, 0.15) is 12.7 Å². The molecule has 1 fully saturated rings. The number of benzene rings is 1. The Labute approximate surface area is 143 Å². The van der Waals surface area contributed by atoms with Crippen LogP contribution in [0.3, 0.4) is 0 Å². The summed E-state index contributed by atoms with van der Waals surface area (Å²) in [5.41, 5.74) is 1.01. The number of carbonyl (C=O) groups excluding carboxylic acids is 1. The Balaban J connectivity index is 1.80. The van der Waals surface area contributed by atoms with Crippen LogP contribution < -0.4 is 5.69 Å². The zero-order chi connectivity index (χ0) is 17.4. The van der Waals surface area contributed by atoms with Gasteiger partial charge in [0, 0.05) is 24.9 Å². The molecular weight excluding hydrogens is 322 g/mol. The van der Waals surface area contributed by atoms with E-state index in [-0.39, 0.29) is 18.1 Å². The molecule has 8 heteroatoms. The van der Waals surface area contributed by atoms with Gasteiger partial charge in [-0.1, -0.05) is 19.1 Å². The molecule has 0 unspecified atom stereocenters. The molecule has 0 saturated carbocycles. The van der Waals surface area contributed by atoms with E-state index in [2.05, 4.69) is 10.1 Å². The first kappa shape index (κ1) is 15.8. The van der Waals surface area contributed by atoms with Crippen molar-refractivity contribution in [3.05, 3.63) is 40.6 Å². The highest BCUT2D eigenvalue weighted by Crippen LogP contribution is 2.17. The zero-order valence-corrected chi connectivity index (χ0v) is 14.0. The molecule has 3 aromatic rings. The van der Waals surface area contributed by atoms with Gasteiger partial charge in [-0.25, -0.2) is 18.9 Å². The second kappa shape index (κ2) is 6.29. The number of aromatic nitrogens is 4. The third kappa shape index (κ3) is 2.68. The van der Waals surface area contributed by atoms with Crippen molar-refractivity contribution < 1.29 is 9.53 Å². The van der Waals surface area contributed by atoms with Crippen LogP contribution in [0.15, 0.2) is 29.1 Å². The Kier molecular flexibility index (Phi) is 3.96. The number of nitrogens with zero attached hydrogens (tertiary/aromatic N) is 5. The predicted octanol–water partition coefficient (Wildman–Crippen LogP) is 0.465. The topological polar surface area (TPSA) is 81.7 Å². The quantitative estimate of drug-likeness (QED) is 0.691. The van der Waals surface area contributed by atoms with E-state index in [0.717, 1.165) is 10.9 Å². The minimum Gasteiger partial charge on any atom is -0.378 e. The lowest BCUT2D eigenvalue weighted by Crippen LogP contribution is -2.43. The molecule has 0 spiro atoms. The molecule has 130 valence electrons. The highest BCUT2D eigenvalue weighted by molar-refractivity contribution is 5.91. The monoisotopic (exact) mass is 341 g/mol. The molecule has 1 aliphatic heterocycles. The highest BCUT2D eigenvalue weighted by atomic mass is 16.5. The van der Waals surface area contributed by atoms with E-state index in [9.17, 15) is 9.59 Å². The fourth-order valence-corrected chi connectivity index (χ4v) is 3.15. The minimum absolute atomic E-state index is 0.0714. The van der Waals surface area contributed by atoms with Crippen molar-refractivity contribution in [1.29, 1.82) is 0 Å². The third-order valence-corrected chi connectivity index (χ3v) is 4.46. The molecule has 1 aromatic carbocycles. The average molecular weight is 341 g/mol. The summed E-state index contributed by atoms with van der Waals surface area (Å²) in [4.78, 5) is 31.5. The number of ether oxygens (including phenoxy) is 1. The lowest BCUT2D eigenvalue weighted by Gasteiger charge is -2.26. The second-order valence-electron chi connectivity index (χ2n) is 5.99. The number of hydrogen-bond acceptors (Lipinski definition) is 5. The molecule has 25 heavy (non-hydrogen) atoms. The van der Waals surface area contributed by atoms with Crippen LogP contribution in [0, 0.1) is 0 Å². The fourth-order valence-electron chi connectivity index (χ4n) is 3.15. The van der Waals surface area contributed by atoms with Crippen molar-refractivity contribution in [2.24, 2.45) is 0 Å². The van der Waals surface area contributed by atoms with Crippen LogP contribution >= 0.6 is 0 Å². The van der Waals surface area contributed by atoms with E-state index >= 15 is 0 Å². The molecule has 8 nitrogen and oxygen atoms in total. The van der Waals surface area contributed by atoms with Gasteiger partial charge in [0.25, 0.3) is 0 Å². The maximum Gasteiger partial charge on any atom is 0.352 e. The standard InChI is InChI=1S/C17H19N5O3/c1-2-14-18-13-6-4-3-5-12(13)16-19-21(17(24)22(14)16)11-15(23)20-7-9-25-10-8-20/h3-6H,2,7-11H2,1H3. The van der Waals surface area contributed by atoms with Crippen LogP contribution in [0.25, 0.3) is 16.6 Å². The van der Waals surface area contributed by atoms with Gasteiger partial charge in [-0.3, -0.25) is 4.79 Å². The van der Waals surface area contributed by atoms with Crippen molar-refractivity contribution in [3.8, 4) is 0 Å². The Morgan fingerprint density at radius 1 is 1.24 bits per heavy atom. The number of aryl methyl sites for hydroxylation is 1. The Morgan fingerprint density at radius 3 is 2.76 bits per heavy atom. The zero-order valence-electron chi connectivity index (χ0n) is 14.0. The fraction of sp³-hybridized carbons (Fsp3) is 0.412. The molecule has 1 amide bonds. The van der Waals surface area contributed by atoms with E-state index < -0.39 is 0 Å². The van der Waals surface area contributed by atoms with Gasteiger partial charge in [-0.2, -0.15) is 0 Å². The van der Waals surface area contributed by atoms with Crippen LogP contribution in [-0.4, -0.2) is 56.3 Å². The molecule has 0 radical (unpaired) electrons. The first-order chi connectivity index (χ1) is 12.2. The molecule has 3 heterocycles. The van der Waals surface area contributed by atoms with E-state index in [1.807, 2.05) is 31.2 Å². The Morgan fingerprint density at radius 2 is 2.00 bits per heavy atom. The van der Waals surface area contributed by atoms with Crippen molar-refractivity contribution in [1.82, 2.24) is 24.1 Å². The molecule has 1 saturated heterocycles. The second-order valence-corrected chi connectivity index (χ2v) is 5.99. The molecule has 0 bridgehead atoms. The van der Waals surface area contributed by atoms with Gasteiger partial charge in [0.05, 0.1) is 18.7 Å². The van der Waals surface area contributed by atoms with Crippen molar-refractivity contribution in [2.45, 2.75) is 19.9 Å². The SMILES string of the molecule is CCc1nc2ccccc2c2nn(CC(=O)N3CCOCC3)c(=O)n12. The summed E-state index contributed by atoms with van der Waals surface area (Å²) >= 11 is 0. The van der Waals surface area contributed by atoms with Gasteiger partial charge >= 0.3 is 5.69 Å². The minimum atomic E-state index is -0.327. The van der Waals surface area contributed by atoms with Gasteiger partial charge in [0.1, 0.15) is 12.4 Å². The lowest BCUT2D eigenvalue weighted by atomic mass is 10.2. The molecule has 0 atom stereocenters. The first-order valence-electron chi connectivity index (χ1n) is 8.41. The number of para-hydroxylation sites is 1. The van der Waals surface area contributed by atoms with Gasteiger partial charge in [-0.05, 0) is 12.1 Å². The maximum atomic E-state index is 12.8. The molecule has 4 rings (SSSR count). The number of fused-ring (bicyclic) bond motifs is 3. The largest absolute Gasteiger partial charge is 0.378 e. The van der Waals surface area contributed by atoms with Gasteiger partial charge in [0.2, 0.25) is 5.91 Å². The number of morpholine rings is 1. The molecule has 2 aromatic heterocycles. The Hall–Kier alpha value is -2.74. The summed E-state index contributed by atoms with van der Waals surface area (Å²) in [5.74, 6) is 0.521.